The summed E-state index contributed by atoms with van der Waals surface area (Å²) in [6, 6.07) is 9.43. The molecule has 1 rings (SSSR count). The molecule has 0 saturated carbocycles. The third kappa shape index (κ3) is 6.22. The van der Waals surface area contributed by atoms with Crippen LogP contribution in [0.15, 0.2) is 24.3 Å². The molecule has 0 aliphatic carbocycles. The van der Waals surface area contributed by atoms with Gasteiger partial charge in [0.25, 0.3) is 0 Å². The van der Waals surface area contributed by atoms with E-state index in [2.05, 4.69) is 62.4 Å². The van der Waals surface area contributed by atoms with Crippen LogP contribution >= 0.6 is 0 Å². The second-order valence-electron chi connectivity index (χ2n) is 5.63. The molecule has 0 radical (unpaired) electrons. The lowest BCUT2D eigenvalue weighted by Gasteiger charge is -2.19. The summed E-state index contributed by atoms with van der Waals surface area (Å²) in [4.78, 5) is 2.23. The van der Waals surface area contributed by atoms with Crippen LogP contribution in [0.5, 0.6) is 0 Å². The molecule has 0 fully saturated rings. The first kappa shape index (κ1) is 16.2. The lowest BCUT2D eigenvalue weighted by molar-refractivity contribution is 0.398. The second-order valence-corrected chi connectivity index (χ2v) is 5.63. The van der Waals surface area contributed by atoms with Gasteiger partial charge in [0.05, 0.1) is 0 Å². The minimum atomic E-state index is 0.660. The molecule has 1 unspecified atom stereocenters. The van der Waals surface area contributed by atoms with E-state index >= 15 is 0 Å². The Morgan fingerprint density at radius 2 is 1.79 bits per heavy atom. The highest BCUT2D eigenvalue weighted by Crippen LogP contribution is 2.12. The molecule has 0 amide bonds. The summed E-state index contributed by atoms with van der Waals surface area (Å²) in [5.74, 6) is 0. The van der Waals surface area contributed by atoms with E-state index < -0.39 is 0 Å². The molecule has 1 atom stereocenters. The van der Waals surface area contributed by atoms with E-state index in [1.807, 2.05) is 0 Å². The average molecular weight is 262 g/mol. The van der Waals surface area contributed by atoms with Crippen LogP contribution in [0.4, 0.5) is 0 Å². The van der Waals surface area contributed by atoms with Gasteiger partial charge in [-0.2, -0.15) is 0 Å². The number of nitrogens with one attached hydrogen (secondary N) is 1. The Kier molecular flexibility index (Phi) is 7.76. The van der Waals surface area contributed by atoms with Gasteiger partial charge in [-0.05, 0) is 38.1 Å². The number of nitrogens with zero attached hydrogens (tertiary/aromatic N) is 1. The van der Waals surface area contributed by atoms with Crippen molar-refractivity contribution in [2.24, 2.45) is 0 Å². The fourth-order valence-corrected chi connectivity index (χ4v) is 2.38. The van der Waals surface area contributed by atoms with Crippen molar-refractivity contribution < 1.29 is 0 Å². The molecule has 2 nitrogen and oxygen atoms in total. The van der Waals surface area contributed by atoms with Crippen LogP contribution in [-0.2, 0) is 13.1 Å². The summed E-state index contributed by atoms with van der Waals surface area (Å²) in [6.07, 6.45) is 5.12. The van der Waals surface area contributed by atoms with Crippen molar-refractivity contribution >= 4 is 0 Å². The fourth-order valence-electron chi connectivity index (χ4n) is 2.38. The van der Waals surface area contributed by atoms with E-state index in [0.717, 1.165) is 13.1 Å². The van der Waals surface area contributed by atoms with Gasteiger partial charge in [0.1, 0.15) is 0 Å². The zero-order valence-corrected chi connectivity index (χ0v) is 13.1. The molecule has 0 saturated heterocycles. The standard InChI is InChI=1S/C17H30N2/c1-5-7-12-17(6-2)18-13-15-10-8-9-11-16(15)14-19(3)4/h8-11,17-18H,5-7,12-14H2,1-4H3. The lowest BCUT2D eigenvalue weighted by Crippen LogP contribution is -2.28. The van der Waals surface area contributed by atoms with E-state index in [9.17, 15) is 0 Å². The number of hydrogen-bond acceptors (Lipinski definition) is 2. The van der Waals surface area contributed by atoms with Gasteiger partial charge < -0.3 is 10.2 Å². The first-order chi connectivity index (χ1) is 9.17. The zero-order chi connectivity index (χ0) is 14.1. The van der Waals surface area contributed by atoms with Crippen LogP contribution in [0.25, 0.3) is 0 Å². The molecule has 108 valence electrons. The van der Waals surface area contributed by atoms with Crippen LogP contribution < -0.4 is 5.32 Å². The maximum Gasteiger partial charge on any atom is 0.0230 e. The Morgan fingerprint density at radius 3 is 2.37 bits per heavy atom. The number of unbranched alkanes of at least 4 members (excludes halogenated alkanes) is 1. The Morgan fingerprint density at radius 1 is 1.11 bits per heavy atom. The molecule has 0 aromatic heterocycles. The number of hydrogen-bond donors (Lipinski definition) is 1. The molecule has 1 aromatic carbocycles. The van der Waals surface area contributed by atoms with Crippen LogP contribution in [0.1, 0.15) is 50.7 Å². The lowest BCUT2D eigenvalue weighted by atomic mass is 10.0. The molecular formula is C17H30N2. The SMILES string of the molecule is CCCCC(CC)NCc1ccccc1CN(C)C. The molecule has 0 heterocycles. The highest BCUT2D eigenvalue weighted by atomic mass is 15.0. The van der Waals surface area contributed by atoms with E-state index in [4.69, 9.17) is 0 Å². The summed E-state index contributed by atoms with van der Waals surface area (Å²) >= 11 is 0. The van der Waals surface area contributed by atoms with Crippen molar-refractivity contribution in [2.45, 2.75) is 58.7 Å². The summed E-state index contributed by atoms with van der Waals surface area (Å²) in [6.45, 7) is 6.55. The Labute approximate surface area is 119 Å². The Hall–Kier alpha value is -0.860. The molecule has 0 aliphatic heterocycles. The monoisotopic (exact) mass is 262 g/mol. The van der Waals surface area contributed by atoms with Gasteiger partial charge in [-0.25, -0.2) is 0 Å². The van der Waals surface area contributed by atoms with Gasteiger partial charge in [0, 0.05) is 19.1 Å². The van der Waals surface area contributed by atoms with Crippen molar-refractivity contribution in [3.05, 3.63) is 35.4 Å². The van der Waals surface area contributed by atoms with Gasteiger partial charge in [-0.3, -0.25) is 0 Å². The minimum Gasteiger partial charge on any atom is -0.310 e. The molecule has 1 aromatic rings. The van der Waals surface area contributed by atoms with Crippen LogP contribution in [0.2, 0.25) is 0 Å². The summed E-state index contributed by atoms with van der Waals surface area (Å²) in [7, 11) is 4.25. The van der Waals surface area contributed by atoms with Crippen molar-refractivity contribution in [1.82, 2.24) is 10.2 Å². The molecule has 1 N–H and O–H groups in total. The zero-order valence-electron chi connectivity index (χ0n) is 13.1. The predicted octanol–water partition coefficient (Wildman–Crippen LogP) is 3.81. The molecule has 0 spiro atoms. The van der Waals surface area contributed by atoms with Crippen LogP contribution in [0.3, 0.4) is 0 Å². The van der Waals surface area contributed by atoms with Gasteiger partial charge in [0.2, 0.25) is 0 Å². The van der Waals surface area contributed by atoms with E-state index in [-0.39, 0.29) is 0 Å². The van der Waals surface area contributed by atoms with Gasteiger partial charge in [0.15, 0.2) is 0 Å². The summed E-state index contributed by atoms with van der Waals surface area (Å²) in [5, 5.41) is 3.72. The third-order valence-electron chi connectivity index (χ3n) is 3.59. The Balaban J connectivity index is 2.55. The molecule has 0 bridgehead atoms. The largest absolute Gasteiger partial charge is 0.310 e. The van der Waals surface area contributed by atoms with Crippen molar-refractivity contribution in [1.29, 1.82) is 0 Å². The van der Waals surface area contributed by atoms with E-state index in [1.54, 1.807) is 0 Å². The van der Waals surface area contributed by atoms with Crippen molar-refractivity contribution in [2.75, 3.05) is 14.1 Å². The average Bonchev–Trinajstić information content (AvgIpc) is 2.40. The number of benzene rings is 1. The molecule has 19 heavy (non-hydrogen) atoms. The first-order valence-corrected chi connectivity index (χ1v) is 7.62. The molecular weight excluding hydrogens is 232 g/mol. The molecule has 0 aliphatic rings. The quantitative estimate of drug-likeness (QED) is 0.728. The highest BCUT2D eigenvalue weighted by molar-refractivity contribution is 5.26. The third-order valence-corrected chi connectivity index (χ3v) is 3.59. The van der Waals surface area contributed by atoms with Crippen LogP contribution in [0, 0.1) is 0 Å². The maximum atomic E-state index is 3.72. The first-order valence-electron chi connectivity index (χ1n) is 7.62. The van der Waals surface area contributed by atoms with E-state index in [1.165, 1.54) is 36.8 Å². The maximum absolute atomic E-state index is 3.72. The van der Waals surface area contributed by atoms with Crippen LogP contribution in [-0.4, -0.2) is 25.0 Å². The van der Waals surface area contributed by atoms with Crippen molar-refractivity contribution in [3.8, 4) is 0 Å². The molecule has 2 heteroatoms. The topological polar surface area (TPSA) is 15.3 Å². The predicted molar refractivity (Wildman–Crippen MR) is 84.3 cm³/mol. The summed E-state index contributed by atoms with van der Waals surface area (Å²) in [5.41, 5.74) is 2.87. The van der Waals surface area contributed by atoms with Gasteiger partial charge in [-0.1, -0.05) is 51.0 Å². The Bertz CT molecular complexity index is 347. The van der Waals surface area contributed by atoms with Gasteiger partial charge >= 0.3 is 0 Å². The van der Waals surface area contributed by atoms with Crippen molar-refractivity contribution in [3.63, 3.8) is 0 Å². The number of rotatable bonds is 9. The van der Waals surface area contributed by atoms with Gasteiger partial charge in [-0.15, -0.1) is 0 Å². The minimum absolute atomic E-state index is 0.660. The fraction of sp³-hybridized carbons (Fsp3) is 0.647. The smallest absolute Gasteiger partial charge is 0.0230 e. The highest BCUT2D eigenvalue weighted by Gasteiger charge is 2.07. The van der Waals surface area contributed by atoms with E-state index in [0.29, 0.717) is 6.04 Å². The normalized spacial score (nSPS) is 12.9. The summed E-state index contributed by atoms with van der Waals surface area (Å²) < 4.78 is 0. The second kappa shape index (κ2) is 9.11.